The van der Waals surface area contributed by atoms with Crippen LogP contribution in [0, 0.1) is 13.8 Å². The number of rotatable bonds is 5. The quantitative estimate of drug-likeness (QED) is 0.826. The van der Waals surface area contributed by atoms with E-state index in [0.29, 0.717) is 18.4 Å². The lowest BCUT2D eigenvalue weighted by Gasteiger charge is -2.32. The molecule has 7 heteroatoms. The van der Waals surface area contributed by atoms with E-state index in [-0.39, 0.29) is 11.6 Å². The summed E-state index contributed by atoms with van der Waals surface area (Å²) in [6.45, 7) is 4.64. The Hall–Kier alpha value is -1.99. The highest BCUT2D eigenvalue weighted by Crippen LogP contribution is 2.31. The highest BCUT2D eigenvalue weighted by molar-refractivity contribution is 5.24. The number of aliphatic hydroxyl groups is 1. The number of hydrogen-bond acceptors (Lipinski definition) is 5. The van der Waals surface area contributed by atoms with Crippen molar-refractivity contribution in [2.24, 2.45) is 0 Å². The van der Waals surface area contributed by atoms with Gasteiger partial charge in [-0.2, -0.15) is 5.10 Å². The summed E-state index contributed by atoms with van der Waals surface area (Å²) < 4.78 is 3.44. The van der Waals surface area contributed by atoms with Gasteiger partial charge < -0.3 is 10.4 Å². The van der Waals surface area contributed by atoms with E-state index in [2.05, 4.69) is 15.5 Å². The van der Waals surface area contributed by atoms with Crippen molar-refractivity contribution in [2.75, 3.05) is 6.54 Å². The fourth-order valence-corrected chi connectivity index (χ4v) is 4.72. The Morgan fingerprint density at radius 2 is 1.86 bits per heavy atom. The van der Waals surface area contributed by atoms with E-state index in [9.17, 15) is 9.90 Å². The summed E-state index contributed by atoms with van der Waals surface area (Å²) in [5.41, 5.74) is 1.38. The van der Waals surface area contributed by atoms with E-state index in [1.165, 1.54) is 0 Å². The van der Waals surface area contributed by atoms with Crippen molar-refractivity contribution in [1.29, 1.82) is 0 Å². The van der Waals surface area contributed by atoms with Gasteiger partial charge in [-0.3, -0.25) is 4.79 Å². The van der Waals surface area contributed by atoms with Crippen LogP contribution >= 0.6 is 0 Å². The maximum absolute atomic E-state index is 12.4. The maximum atomic E-state index is 12.4. The smallest absolute Gasteiger partial charge is 0.267 e. The molecule has 2 aromatic heterocycles. The topological polar surface area (TPSA) is 85.0 Å². The van der Waals surface area contributed by atoms with Gasteiger partial charge in [0.1, 0.15) is 0 Å². The summed E-state index contributed by atoms with van der Waals surface area (Å²) in [5.74, 6) is 0.689. The number of aryl methyl sites for hydroxylation is 2. The molecular formula is C21H31N5O2. The summed E-state index contributed by atoms with van der Waals surface area (Å²) in [6, 6.07) is 5.88. The van der Waals surface area contributed by atoms with Gasteiger partial charge in [0.05, 0.1) is 17.3 Å². The molecule has 0 aliphatic heterocycles. The first-order chi connectivity index (χ1) is 13.4. The molecule has 0 unspecified atom stereocenters. The molecule has 2 saturated carbocycles. The molecule has 2 aromatic rings. The van der Waals surface area contributed by atoms with Gasteiger partial charge in [-0.05, 0) is 64.5 Å². The summed E-state index contributed by atoms with van der Waals surface area (Å²) in [7, 11) is 0. The standard InChI is InChI=1S/C21H31N5O2/c1-15-13-16(2)25(23-15)19-9-10-20(27)26(24-19)18-7-5-17(6-8-18)22-14-21(28)11-3-4-12-21/h9-10,13,17-18,22,28H,3-8,11-12,14H2,1-2H3. The first-order valence-corrected chi connectivity index (χ1v) is 10.5. The van der Waals surface area contributed by atoms with Gasteiger partial charge >= 0.3 is 0 Å². The van der Waals surface area contributed by atoms with Gasteiger partial charge in [0.25, 0.3) is 5.56 Å². The Balaban J connectivity index is 1.41. The second-order valence-electron chi connectivity index (χ2n) is 8.63. The number of nitrogens with zero attached hydrogens (tertiary/aromatic N) is 4. The Kier molecular flexibility index (Phi) is 5.38. The summed E-state index contributed by atoms with van der Waals surface area (Å²) in [5, 5.41) is 23.2. The van der Waals surface area contributed by atoms with Crippen molar-refractivity contribution in [1.82, 2.24) is 24.9 Å². The van der Waals surface area contributed by atoms with Gasteiger partial charge in [0.15, 0.2) is 5.82 Å². The van der Waals surface area contributed by atoms with Crippen LogP contribution in [0.1, 0.15) is 68.8 Å². The molecule has 0 spiro atoms. The molecule has 2 heterocycles. The first kappa shape index (κ1) is 19.3. The van der Waals surface area contributed by atoms with E-state index in [4.69, 9.17) is 0 Å². The second-order valence-corrected chi connectivity index (χ2v) is 8.63. The molecule has 2 fully saturated rings. The van der Waals surface area contributed by atoms with Gasteiger partial charge in [-0.25, -0.2) is 9.36 Å². The summed E-state index contributed by atoms with van der Waals surface area (Å²) >= 11 is 0. The van der Waals surface area contributed by atoms with Crippen molar-refractivity contribution in [3.63, 3.8) is 0 Å². The van der Waals surface area contributed by atoms with Crippen molar-refractivity contribution in [3.05, 3.63) is 39.9 Å². The van der Waals surface area contributed by atoms with Crippen molar-refractivity contribution >= 4 is 0 Å². The van der Waals surface area contributed by atoms with Gasteiger partial charge in [-0.1, -0.05) is 12.8 Å². The van der Waals surface area contributed by atoms with Crippen LogP contribution < -0.4 is 10.9 Å². The molecule has 2 N–H and O–H groups in total. The molecule has 2 aliphatic rings. The zero-order valence-electron chi connectivity index (χ0n) is 16.9. The molecule has 0 saturated heterocycles. The maximum Gasteiger partial charge on any atom is 0.267 e. The van der Waals surface area contributed by atoms with Crippen LogP contribution in [-0.2, 0) is 0 Å². The minimum Gasteiger partial charge on any atom is -0.389 e. The Labute approximate surface area is 165 Å². The fraction of sp³-hybridized carbons (Fsp3) is 0.667. The molecule has 0 bridgehead atoms. The lowest BCUT2D eigenvalue weighted by atomic mass is 9.90. The second kappa shape index (κ2) is 7.79. The summed E-state index contributed by atoms with van der Waals surface area (Å²) in [6.07, 6.45) is 7.92. The zero-order chi connectivity index (χ0) is 19.7. The van der Waals surface area contributed by atoms with Crippen molar-refractivity contribution in [2.45, 2.75) is 82.9 Å². The normalized spacial score (nSPS) is 24.5. The molecule has 4 rings (SSSR count). The molecule has 0 radical (unpaired) electrons. The van der Waals surface area contributed by atoms with Gasteiger partial charge in [-0.15, -0.1) is 5.10 Å². The highest BCUT2D eigenvalue weighted by atomic mass is 16.3. The average molecular weight is 386 g/mol. The lowest BCUT2D eigenvalue weighted by molar-refractivity contribution is 0.0427. The molecule has 7 nitrogen and oxygen atoms in total. The van der Waals surface area contributed by atoms with Gasteiger partial charge in [0, 0.05) is 24.3 Å². The largest absolute Gasteiger partial charge is 0.389 e. The minimum atomic E-state index is -0.510. The first-order valence-electron chi connectivity index (χ1n) is 10.5. The van der Waals surface area contributed by atoms with Crippen LogP contribution in [0.3, 0.4) is 0 Å². The van der Waals surface area contributed by atoms with Crippen LogP contribution in [0.5, 0.6) is 0 Å². The molecule has 0 aromatic carbocycles. The number of nitrogens with one attached hydrogen (secondary N) is 1. The van der Waals surface area contributed by atoms with E-state index < -0.39 is 5.60 Å². The third-order valence-corrected chi connectivity index (χ3v) is 6.33. The summed E-state index contributed by atoms with van der Waals surface area (Å²) in [4.78, 5) is 12.4. The van der Waals surface area contributed by atoms with E-state index >= 15 is 0 Å². The van der Waals surface area contributed by atoms with Crippen molar-refractivity contribution in [3.8, 4) is 5.82 Å². The Morgan fingerprint density at radius 1 is 1.14 bits per heavy atom. The number of aromatic nitrogens is 4. The van der Waals surface area contributed by atoms with Crippen molar-refractivity contribution < 1.29 is 5.11 Å². The third-order valence-electron chi connectivity index (χ3n) is 6.33. The Bertz CT molecular complexity index is 873. The van der Waals surface area contributed by atoms with E-state index in [0.717, 1.165) is 62.8 Å². The van der Waals surface area contributed by atoms with E-state index in [1.807, 2.05) is 19.9 Å². The predicted molar refractivity (Wildman–Crippen MR) is 108 cm³/mol. The van der Waals surface area contributed by atoms with Crippen LogP contribution in [0.25, 0.3) is 5.82 Å². The highest BCUT2D eigenvalue weighted by Gasteiger charge is 2.32. The van der Waals surface area contributed by atoms with Gasteiger partial charge in [0.2, 0.25) is 0 Å². The molecule has 28 heavy (non-hydrogen) atoms. The molecular weight excluding hydrogens is 354 g/mol. The third kappa shape index (κ3) is 4.05. The predicted octanol–water partition coefficient (Wildman–Crippen LogP) is 2.42. The number of hydrogen-bond donors (Lipinski definition) is 2. The zero-order valence-corrected chi connectivity index (χ0v) is 16.9. The lowest BCUT2D eigenvalue weighted by Crippen LogP contribution is -2.44. The fourth-order valence-electron chi connectivity index (χ4n) is 4.72. The molecule has 152 valence electrons. The minimum absolute atomic E-state index is 0.0537. The van der Waals surface area contributed by atoms with Crippen LogP contribution in [-0.4, -0.2) is 42.9 Å². The Morgan fingerprint density at radius 3 is 2.50 bits per heavy atom. The molecule has 0 amide bonds. The van der Waals surface area contributed by atoms with Crippen LogP contribution in [0.4, 0.5) is 0 Å². The SMILES string of the molecule is Cc1cc(C)n(-c2ccc(=O)n(C3CCC(NCC4(O)CCCC4)CC3)n2)n1. The molecule has 0 atom stereocenters. The van der Waals surface area contributed by atoms with Crippen LogP contribution in [0.15, 0.2) is 23.0 Å². The average Bonchev–Trinajstić information content (AvgIpc) is 3.26. The molecule has 2 aliphatic carbocycles. The monoisotopic (exact) mass is 385 g/mol. The van der Waals surface area contributed by atoms with Crippen LogP contribution in [0.2, 0.25) is 0 Å². The van der Waals surface area contributed by atoms with E-state index in [1.54, 1.807) is 21.5 Å².